The molecule has 1 aromatic heterocycles. The van der Waals surface area contributed by atoms with Gasteiger partial charge in [0.1, 0.15) is 18.7 Å². The van der Waals surface area contributed by atoms with E-state index in [1.54, 1.807) is 17.0 Å². The Balaban J connectivity index is 1.18. The summed E-state index contributed by atoms with van der Waals surface area (Å²) >= 11 is 6.17. The second-order valence-electron chi connectivity index (χ2n) is 12.9. The summed E-state index contributed by atoms with van der Waals surface area (Å²) in [5, 5.41) is 10.3. The summed E-state index contributed by atoms with van der Waals surface area (Å²) in [5.74, 6) is -0.889. The zero-order valence-corrected chi connectivity index (χ0v) is 29.5. The van der Waals surface area contributed by atoms with Gasteiger partial charge in [-0.2, -0.15) is 0 Å². The van der Waals surface area contributed by atoms with Crippen molar-refractivity contribution in [3.05, 3.63) is 142 Å². The van der Waals surface area contributed by atoms with Crippen LogP contribution in [0.3, 0.4) is 0 Å². The molecule has 0 spiro atoms. The first kappa shape index (κ1) is 36.2. The second kappa shape index (κ2) is 17.5. The third kappa shape index (κ3) is 9.38. The van der Waals surface area contributed by atoms with E-state index in [0.717, 1.165) is 33.3 Å². The van der Waals surface area contributed by atoms with Crippen molar-refractivity contribution < 1.29 is 23.9 Å². The molecule has 0 saturated carbocycles. The first-order valence-electron chi connectivity index (χ1n) is 17.5. The number of aromatic amines is 1. The standard InChI is InChI=1S/C41H42ClN5O5/c42-33-19-9-7-17-30(33)27-52-41(51)43-22-12-11-21-37(39(49)44-25-29-15-5-2-6-16-29)47-26-36-32(31-18-8-10-20-34(31)45-36)24-35(40(47)50)46-38(48)23-28-13-3-1-4-14-28/h1-10,13-20,35,37,45H,11-12,21-27H2,(H,43,51)(H,44,49)(H,46,48)/t35-,37-/m1/s1. The fraction of sp³-hybridized carbons (Fsp3) is 0.268. The number of nitrogens with one attached hydrogen (secondary N) is 4. The first-order chi connectivity index (χ1) is 25.4. The maximum absolute atomic E-state index is 14.5. The van der Waals surface area contributed by atoms with Crippen LogP contribution in [0.15, 0.2) is 109 Å². The van der Waals surface area contributed by atoms with Crippen molar-refractivity contribution in [2.45, 2.75) is 63.9 Å². The summed E-state index contributed by atoms with van der Waals surface area (Å²) in [4.78, 5) is 59.3. The highest BCUT2D eigenvalue weighted by Gasteiger charge is 2.38. The van der Waals surface area contributed by atoms with Crippen LogP contribution in [0.2, 0.25) is 5.02 Å². The van der Waals surface area contributed by atoms with E-state index in [-0.39, 0.29) is 43.7 Å². The van der Waals surface area contributed by atoms with Gasteiger partial charge in [-0.25, -0.2) is 4.79 Å². The number of aromatic nitrogens is 1. The predicted molar refractivity (Wildman–Crippen MR) is 200 cm³/mol. The molecule has 6 rings (SSSR count). The molecule has 10 nitrogen and oxygen atoms in total. The highest BCUT2D eigenvalue weighted by molar-refractivity contribution is 6.31. The molecule has 4 aromatic carbocycles. The molecule has 2 atom stereocenters. The number of carbonyl (C=O) groups is 4. The van der Waals surface area contributed by atoms with Gasteiger partial charge in [-0.3, -0.25) is 14.4 Å². The molecule has 1 aliphatic heterocycles. The van der Waals surface area contributed by atoms with Gasteiger partial charge >= 0.3 is 6.09 Å². The number of hydrogen-bond acceptors (Lipinski definition) is 5. The number of benzene rings is 4. The third-order valence-corrected chi connectivity index (χ3v) is 9.61. The van der Waals surface area contributed by atoms with E-state index in [2.05, 4.69) is 20.9 Å². The van der Waals surface area contributed by atoms with Gasteiger partial charge in [-0.1, -0.05) is 109 Å². The number of halogens is 1. The van der Waals surface area contributed by atoms with E-state index in [0.29, 0.717) is 42.9 Å². The number of hydrogen-bond donors (Lipinski definition) is 4. The number of ether oxygens (including phenoxy) is 1. The number of carbonyl (C=O) groups excluding carboxylic acids is 4. The van der Waals surface area contributed by atoms with E-state index in [4.69, 9.17) is 16.3 Å². The van der Waals surface area contributed by atoms with Crippen LogP contribution in [0, 0.1) is 0 Å². The predicted octanol–water partition coefficient (Wildman–Crippen LogP) is 6.22. The van der Waals surface area contributed by atoms with E-state index in [9.17, 15) is 19.2 Å². The van der Waals surface area contributed by atoms with Crippen molar-refractivity contribution in [1.29, 1.82) is 0 Å². The summed E-state index contributed by atoms with van der Waals surface area (Å²) in [6.07, 6.45) is 1.25. The molecule has 1 aliphatic rings. The molecule has 268 valence electrons. The number of H-pyrrole nitrogens is 1. The van der Waals surface area contributed by atoms with Crippen molar-refractivity contribution in [2.24, 2.45) is 0 Å². The summed E-state index contributed by atoms with van der Waals surface area (Å²) in [5.41, 5.74) is 5.18. The summed E-state index contributed by atoms with van der Waals surface area (Å²) in [6.45, 7) is 0.832. The Morgan fingerprint density at radius 1 is 0.846 bits per heavy atom. The van der Waals surface area contributed by atoms with E-state index < -0.39 is 18.2 Å². The van der Waals surface area contributed by atoms with Crippen LogP contribution < -0.4 is 16.0 Å². The Bertz CT molecular complexity index is 2000. The highest BCUT2D eigenvalue weighted by atomic mass is 35.5. The Morgan fingerprint density at radius 2 is 1.54 bits per heavy atom. The monoisotopic (exact) mass is 719 g/mol. The van der Waals surface area contributed by atoms with Gasteiger partial charge in [0.05, 0.1) is 13.0 Å². The lowest BCUT2D eigenvalue weighted by Gasteiger charge is -2.32. The lowest BCUT2D eigenvalue weighted by atomic mass is 10.0. The number of fused-ring (bicyclic) bond motifs is 3. The van der Waals surface area contributed by atoms with Gasteiger partial charge in [0.25, 0.3) is 0 Å². The largest absolute Gasteiger partial charge is 0.445 e. The van der Waals surface area contributed by atoms with Crippen LogP contribution >= 0.6 is 11.6 Å². The summed E-state index contributed by atoms with van der Waals surface area (Å²) < 4.78 is 5.32. The molecule has 0 fully saturated rings. The van der Waals surface area contributed by atoms with Crippen molar-refractivity contribution in [2.75, 3.05) is 6.54 Å². The van der Waals surface area contributed by atoms with Crippen molar-refractivity contribution in [1.82, 2.24) is 25.8 Å². The number of unbranched alkanes of at least 4 members (excludes halogenated alkanes) is 1. The Morgan fingerprint density at radius 3 is 2.31 bits per heavy atom. The van der Waals surface area contributed by atoms with Crippen molar-refractivity contribution in [3.63, 3.8) is 0 Å². The minimum Gasteiger partial charge on any atom is -0.445 e. The number of rotatable bonds is 14. The fourth-order valence-electron chi connectivity index (χ4n) is 6.56. The Kier molecular flexibility index (Phi) is 12.2. The minimum absolute atomic E-state index is 0.0467. The average Bonchev–Trinajstić information content (AvgIpc) is 3.44. The molecule has 5 aromatic rings. The summed E-state index contributed by atoms with van der Waals surface area (Å²) in [6, 6.07) is 32.3. The molecule has 0 unspecified atom stereocenters. The fourth-order valence-corrected chi connectivity index (χ4v) is 6.75. The molecule has 0 radical (unpaired) electrons. The summed E-state index contributed by atoms with van der Waals surface area (Å²) in [7, 11) is 0. The van der Waals surface area contributed by atoms with E-state index in [1.165, 1.54) is 0 Å². The van der Waals surface area contributed by atoms with Gasteiger partial charge in [0.2, 0.25) is 17.7 Å². The van der Waals surface area contributed by atoms with Crippen LogP contribution in [-0.4, -0.2) is 52.3 Å². The number of nitrogens with zero attached hydrogens (tertiary/aromatic N) is 1. The van der Waals surface area contributed by atoms with Crippen LogP contribution in [-0.2, 0) is 51.7 Å². The highest BCUT2D eigenvalue weighted by Crippen LogP contribution is 2.30. The third-order valence-electron chi connectivity index (χ3n) is 9.24. The average molecular weight is 720 g/mol. The maximum atomic E-state index is 14.5. The zero-order valence-electron chi connectivity index (χ0n) is 28.8. The molecule has 11 heteroatoms. The van der Waals surface area contributed by atoms with E-state index >= 15 is 0 Å². The molecule has 0 aliphatic carbocycles. The second-order valence-corrected chi connectivity index (χ2v) is 13.3. The quantitative estimate of drug-likeness (QED) is 0.101. The lowest BCUT2D eigenvalue weighted by molar-refractivity contribution is -0.144. The number of para-hydroxylation sites is 1. The van der Waals surface area contributed by atoms with Gasteiger partial charge < -0.3 is 30.6 Å². The van der Waals surface area contributed by atoms with Gasteiger partial charge in [-0.05, 0) is 48.1 Å². The zero-order chi connectivity index (χ0) is 36.3. The lowest BCUT2D eigenvalue weighted by Crippen LogP contribution is -2.55. The van der Waals surface area contributed by atoms with Crippen LogP contribution in [0.5, 0.6) is 0 Å². The molecule has 0 saturated heterocycles. The van der Waals surface area contributed by atoms with Gasteiger partial charge in [-0.15, -0.1) is 0 Å². The maximum Gasteiger partial charge on any atom is 0.407 e. The van der Waals surface area contributed by atoms with Crippen molar-refractivity contribution in [3.8, 4) is 0 Å². The van der Waals surface area contributed by atoms with Crippen LogP contribution in [0.1, 0.15) is 47.2 Å². The first-order valence-corrected chi connectivity index (χ1v) is 17.9. The minimum atomic E-state index is -0.879. The normalized spacial score (nSPS) is 14.6. The molecular formula is C41H42ClN5O5. The van der Waals surface area contributed by atoms with E-state index in [1.807, 2.05) is 97.1 Å². The molecule has 0 bridgehead atoms. The topological polar surface area (TPSA) is 133 Å². The van der Waals surface area contributed by atoms with Crippen molar-refractivity contribution >= 4 is 46.3 Å². The molecular weight excluding hydrogens is 678 g/mol. The Hall–Kier alpha value is -5.61. The molecule has 52 heavy (non-hydrogen) atoms. The van der Waals surface area contributed by atoms with Gasteiger partial charge in [0, 0.05) is 46.7 Å². The van der Waals surface area contributed by atoms with Crippen LogP contribution in [0.4, 0.5) is 4.79 Å². The molecule has 4 N–H and O–H groups in total. The smallest absolute Gasteiger partial charge is 0.407 e. The molecule has 4 amide bonds. The number of amides is 4. The SMILES string of the molecule is O=C(Cc1ccccc1)N[C@@H]1Cc2c([nH]c3ccccc23)CN([C@H](CCCCNC(=O)OCc2ccccc2Cl)C(=O)NCc2ccccc2)C1=O. The Labute approximate surface area is 307 Å². The van der Waals surface area contributed by atoms with Crippen LogP contribution in [0.25, 0.3) is 10.9 Å². The number of alkyl carbamates (subject to hydrolysis) is 1. The van der Waals surface area contributed by atoms with Gasteiger partial charge in [0.15, 0.2) is 0 Å². The molecule has 2 heterocycles.